The molecule has 0 aliphatic carbocycles. The minimum Gasteiger partial charge on any atom is -0.359 e. The summed E-state index contributed by atoms with van der Waals surface area (Å²) in [6.45, 7) is 0. The van der Waals surface area contributed by atoms with Gasteiger partial charge in [-0.25, -0.2) is 0 Å². The SMILES string of the molecule is O=C(Nc1nncs1)c1c[nH]c2c(Cl)cccc2c1=O. The van der Waals surface area contributed by atoms with Crippen molar-refractivity contribution >= 4 is 44.9 Å². The van der Waals surface area contributed by atoms with Gasteiger partial charge < -0.3 is 4.98 Å². The third-order valence-electron chi connectivity index (χ3n) is 2.69. The summed E-state index contributed by atoms with van der Waals surface area (Å²) < 4.78 is 0. The number of rotatable bonds is 2. The van der Waals surface area contributed by atoms with Crippen molar-refractivity contribution in [2.45, 2.75) is 0 Å². The smallest absolute Gasteiger partial charge is 0.262 e. The second-order valence-electron chi connectivity index (χ2n) is 3.89. The Morgan fingerprint density at radius 3 is 3.00 bits per heavy atom. The lowest BCUT2D eigenvalue weighted by Crippen LogP contribution is -2.21. The van der Waals surface area contributed by atoms with Gasteiger partial charge in [0.25, 0.3) is 5.91 Å². The number of carbonyl (C=O) groups is 1. The number of anilines is 1. The van der Waals surface area contributed by atoms with Gasteiger partial charge in [0.05, 0.1) is 10.5 Å². The number of aromatic nitrogens is 3. The molecule has 1 aromatic carbocycles. The topological polar surface area (TPSA) is 87.7 Å². The summed E-state index contributed by atoms with van der Waals surface area (Å²) in [5.74, 6) is -0.537. The van der Waals surface area contributed by atoms with Crippen molar-refractivity contribution in [3.63, 3.8) is 0 Å². The lowest BCUT2D eigenvalue weighted by atomic mass is 10.1. The van der Waals surface area contributed by atoms with E-state index in [2.05, 4.69) is 20.5 Å². The fourth-order valence-electron chi connectivity index (χ4n) is 1.78. The number of halogens is 1. The number of fused-ring (bicyclic) bond motifs is 1. The average molecular weight is 307 g/mol. The van der Waals surface area contributed by atoms with Gasteiger partial charge in [-0.05, 0) is 12.1 Å². The van der Waals surface area contributed by atoms with Crippen LogP contribution < -0.4 is 10.7 Å². The van der Waals surface area contributed by atoms with Crippen LogP contribution in [0.15, 0.2) is 34.7 Å². The zero-order valence-corrected chi connectivity index (χ0v) is 11.5. The zero-order chi connectivity index (χ0) is 14.1. The molecule has 0 saturated carbocycles. The van der Waals surface area contributed by atoms with Crippen LogP contribution in [0.4, 0.5) is 5.13 Å². The molecular weight excluding hydrogens is 300 g/mol. The summed E-state index contributed by atoms with van der Waals surface area (Å²) in [7, 11) is 0. The number of amides is 1. The van der Waals surface area contributed by atoms with Crippen molar-refractivity contribution in [3.8, 4) is 0 Å². The van der Waals surface area contributed by atoms with Crippen molar-refractivity contribution in [2.75, 3.05) is 5.32 Å². The van der Waals surface area contributed by atoms with Crippen LogP contribution in [-0.4, -0.2) is 21.1 Å². The van der Waals surface area contributed by atoms with E-state index < -0.39 is 5.91 Å². The second-order valence-corrected chi connectivity index (χ2v) is 5.13. The molecule has 0 spiro atoms. The Morgan fingerprint density at radius 1 is 1.40 bits per heavy atom. The van der Waals surface area contributed by atoms with Crippen LogP contribution in [0.1, 0.15) is 10.4 Å². The van der Waals surface area contributed by atoms with Gasteiger partial charge in [-0.2, -0.15) is 0 Å². The van der Waals surface area contributed by atoms with E-state index in [1.807, 2.05) is 0 Å². The number of aromatic amines is 1. The van der Waals surface area contributed by atoms with Crippen molar-refractivity contribution < 1.29 is 4.79 Å². The molecule has 0 fully saturated rings. The van der Waals surface area contributed by atoms with Crippen LogP contribution in [-0.2, 0) is 0 Å². The molecule has 8 heteroatoms. The quantitative estimate of drug-likeness (QED) is 0.760. The summed E-state index contributed by atoms with van der Waals surface area (Å²) in [4.78, 5) is 27.2. The van der Waals surface area contributed by atoms with Crippen LogP contribution >= 0.6 is 22.9 Å². The summed E-state index contributed by atoms with van der Waals surface area (Å²) in [6, 6.07) is 4.94. The molecule has 0 saturated heterocycles. The highest BCUT2D eigenvalue weighted by molar-refractivity contribution is 7.13. The molecule has 100 valence electrons. The van der Waals surface area contributed by atoms with E-state index in [4.69, 9.17) is 11.6 Å². The lowest BCUT2D eigenvalue weighted by molar-refractivity contribution is 0.102. The van der Waals surface area contributed by atoms with Crippen molar-refractivity contribution in [3.05, 3.63) is 50.7 Å². The number of nitrogens with one attached hydrogen (secondary N) is 2. The van der Waals surface area contributed by atoms with E-state index in [1.165, 1.54) is 23.0 Å². The van der Waals surface area contributed by atoms with Gasteiger partial charge in [0.1, 0.15) is 11.1 Å². The van der Waals surface area contributed by atoms with Crippen LogP contribution in [0.3, 0.4) is 0 Å². The van der Waals surface area contributed by atoms with Crippen LogP contribution in [0.25, 0.3) is 10.9 Å². The summed E-state index contributed by atoms with van der Waals surface area (Å²) in [5.41, 5.74) is 1.60. The molecule has 0 aliphatic rings. The Kier molecular flexibility index (Phi) is 3.21. The molecule has 2 aromatic heterocycles. The first-order valence-corrected chi connectivity index (χ1v) is 6.80. The van der Waals surface area contributed by atoms with E-state index in [0.717, 1.165) is 0 Å². The third-order valence-corrected chi connectivity index (χ3v) is 3.61. The maximum Gasteiger partial charge on any atom is 0.262 e. The number of H-pyrrole nitrogens is 1. The van der Waals surface area contributed by atoms with Crippen molar-refractivity contribution in [1.29, 1.82) is 0 Å². The van der Waals surface area contributed by atoms with Gasteiger partial charge in [0.2, 0.25) is 10.6 Å². The standard InChI is InChI=1S/C12H7ClN4O2S/c13-8-3-1-2-6-9(8)14-4-7(10(6)18)11(19)16-12-17-15-5-20-12/h1-5H,(H,14,18)(H,16,17,19). The number of para-hydroxylation sites is 1. The number of hydrogen-bond donors (Lipinski definition) is 2. The maximum atomic E-state index is 12.3. The van der Waals surface area contributed by atoms with E-state index in [1.54, 1.807) is 18.2 Å². The van der Waals surface area contributed by atoms with Gasteiger partial charge in [-0.1, -0.05) is 29.0 Å². The molecule has 0 radical (unpaired) electrons. The largest absolute Gasteiger partial charge is 0.359 e. The van der Waals surface area contributed by atoms with E-state index >= 15 is 0 Å². The van der Waals surface area contributed by atoms with Crippen LogP contribution in [0, 0.1) is 0 Å². The molecule has 2 N–H and O–H groups in total. The number of hydrogen-bond acceptors (Lipinski definition) is 5. The summed E-state index contributed by atoms with van der Waals surface area (Å²) in [6.07, 6.45) is 1.34. The highest BCUT2D eigenvalue weighted by atomic mass is 35.5. The number of nitrogens with zero attached hydrogens (tertiary/aromatic N) is 2. The van der Waals surface area contributed by atoms with E-state index in [0.29, 0.717) is 21.1 Å². The van der Waals surface area contributed by atoms with E-state index in [-0.39, 0.29) is 11.0 Å². The number of benzene rings is 1. The molecule has 0 atom stereocenters. The first kappa shape index (κ1) is 12.8. The highest BCUT2D eigenvalue weighted by Gasteiger charge is 2.15. The van der Waals surface area contributed by atoms with Gasteiger partial charge >= 0.3 is 0 Å². The number of carbonyl (C=O) groups excluding carboxylic acids is 1. The fourth-order valence-corrected chi connectivity index (χ4v) is 2.44. The summed E-state index contributed by atoms with van der Waals surface area (Å²) >= 11 is 7.16. The Labute approximate surface area is 121 Å². The minimum absolute atomic E-state index is 0.00466. The fraction of sp³-hybridized carbons (Fsp3) is 0. The molecule has 2 heterocycles. The first-order chi connectivity index (χ1) is 9.66. The molecule has 6 nitrogen and oxygen atoms in total. The monoisotopic (exact) mass is 306 g/mol. The Balaban J connectivity index is 2.07. The predicted molar refractivity (Wildman–Crippen MR) is 77.4 cm³/mol. The molecule has 1 amide bonds. The Hall–Kier alpha value is -2.25. The lowest BCUT2D eigenvalue weighted by Gasteiger charge is -2.04. The highest BCUT2D eigenvalue weighted by Crippen LogP contribution is 2.19. The zero-order valence-electron chi connectivity index (χ0n) is 9.88. The molecule has 0 aliphatic heterocycles. The molecule has 3 rings (SSSR count). The number of pyridine rings is 1. The molecule has 0 bridgehead atoms. The second kappa shape index (κ2) is 5.03. The van der Waals surface area contributed by atoms with Gasteiger partial charge in [-0.15, -0.1) is 10.2 Å². The van der Waals surface area contributed by atoms with Crippen LogP contribution in [0.2, 0.25) is 5.02 Å². The average Bonchev–Trinajstić information content (AvgIpc) is 2.93. The van der Waals surface area contributed by atoms with Crippen molar-refractivity contribution in [2.24, 2.45) is 0 Å². The van der Waals surface area contributed by atoms with Gasteiger partial charge in [-0.3, -0.25) is 14.9 Å². The molecule has 0 unspecified atom stereocenters. The minimum atomic E-state index is -0.537. The van der Waals surface area contributed by atoms with Crippen molar-refractivity contribution in [1.82, 2.24) is 15.2 Å². The molecule has 3 aromatic rings. The van der Waals surface area contributed by atoms with Gasteiger partial charge in [0.15, 0.2) is 0 Å². The van der Waals surface area contributed by atoms with Gasteiger partial charge in [0, 0.05) is 11.6 Å². The maximum absolute atomic E-state index is 12.3. The summed E-state index contributed by atoms with van der Waals surface area (Å²) in [5, 5.41) is 10.9. The molecular formula is C12H7ClN4O2S. The Bertz CT molecular complexity index is 844. The Morgan fingerprint density at radius 2 is 2.25 bits per heavy atom. The normalized spacial score (nSPS) is 10.7. The predicted octanol–water partition coefficient (Wildman–Crippen LogP) is 2.29. The third kappa shape index (κ3) is 2.17. The van der Waals surface area contributed by atoms with Crippen LogP contribution in [0.5, 0.6) is 0 Å². The molecule has 20 heavy (non-hydrogen) atoms. The first-order valence-electron chi connectivity index (χ1n) is 5.54. The van der Waals surface area contributed by atoms with E-state index in [9.17, 15) is 9.59 Å².